The molecule has 1 fully saturated rings. The topological polar surface area (TPSA) is 38.1 Å². The summed E-state index contributed by atoms with van der Waals surface area (Å²) in [6.07, 6.45) is 8.38. The van der Waals surface area contributed by atoms with Crippen LogP contribution in [0.4, 0.5) is 5.69 Å². The van der Waals surface area contributed by atoms with Crippen LogP contribution in [0.25, 0.3) is 0 Å². The third kappa shape index (κ3) is 1.82. The Morgan fingerprint density at radius 1 is 1.24 bits per heavy atom. The summed E-state index contributed by atoms with van der Waals surface area (Å²) in [5.41, 5.74) is 3.31. The molecule has 1 aromatic heterocycles. The molecule has 1 aliphatic heterocycles. The smallest absolute Gasteiger partial charge is 0.261 e. The van der Waals surface area contributed by atoms with E-state index in [0.29, 0.717) is 5.56 Å². The number of hydrogen-bond acceptors (Lipinski definition) is 2. The second-order valence-electron chi connectivity index (χ2n) is 6.30. The number of para-hydroxylation sites is 1. The summed E-state index contributed by atoms with van der Waals surface area (Å²) in [4.78, 5) is 14.8. The molecule has 2 aliphatic rings. The number of benzene rings is 1. The average Bonchev–Trinajstić information content (AvgIpc) is 3.20. The molecule has 4 rings (SSSR count). The molecule has 2 aromatic rings. The molecule has 1 aromatic carbocycles. The number of hydrogen-bond donors (Lipinski definition) is 0. The Labute approximate surface area is 124 Å². The van der Waals surface area contributed by atoms with Gasteiger partial charge >= 0.3 is 0 Å². The van der Waals surface area contributed by atoms with Crippen molar-refractivity contribution in [1.82, 2.24) is 9.78 Å². The van der Waals surface area contributed by atoms with Gasteiger partial charge in [0.2, 0.25) is 0 Å². The maximum absolute atomic E-state index is 12.8. The summed E-state index contributed by atoms with van der Waals surface area (Å²) in [6.45, 7) is 0.820. The summed E-state index contributed by atoms with van der Waals surface area (Å²) in [7, 11) is 1.84. The number of carbonyl (C=O) groups excluding carboxylic acids is 1. The largest absolute Gasteiger partial charge is 0.307 e. The van der Waals surface area contributed by atoms with Crippen LogP contribution in [0.2, 0.25) is 0 Å². The van der Waals surface area contributed by atoms with Crippen LogP contribution in [-0.4, -0.2) is 22.2 Å². The molecule has 0 saturated heterocycles. The van der Waals surface area contributed by atoms with E-state index in [-0.39, 0.29) is 11.3 Å². The van der Waals surface area contributed by atoms with Crippen molar-refractivity contribution in [1.29, 1.82) is 0 Å². The monoisotopic (exact) mass is 281 g/mol. The lowest BCUT2D eigenvalue weighted by atomic mass is 9.81. The van der Waals surface area contributed by atoms with Crippen molar-refractivity contribution in [2.24, 2.45) is 7.05 Å². The van der Waals surface area contributed by atoms with Gasteiger partial charge in [-0.25, -0.2) is 0 Å². The third-order valence-corrected chi connectivity index (χ3v) is 4.98. The minimum Gasteiger partial charge on any atom is -0.307 e. The fourth-order valence-corrected chi connectivity index (χ4v) is 3.98. The van der Waals surface area contributed by atoms with Crippen LogP contribution in [0.15, 0.2) is 36.7 Å². The molecule has 0 N–H and O–H groups in total. The number of nitrogens with zero attached hydrogens (tertiary/aromatic N) is 3. The molecule has 4 heteroatoms. The number of aromatic nitrogens is 2. The fourth-order valence-electron chi connectivity index (χ4n) is 3.98. The lowest BCUT2D eigenvalue weighted by Crippen LogP contribution is -2.35. The molecule has 0 bridgehead atoms. The first-order valence-corrected chi connectivity index (χ1v) is 7.60. The first-order chi connectivity index (χ1) is 10.2. The molecular weight excluding hydrogens is 262 g/mol. The summed E-state index contributed by atoms with van der Waals surface area (Å²) in [5, 5.41) is 4.12. The van der Waals surface area contributed by atoms with Gasteiger partial charge in [-0.1, -0.05) is 31.0 Å². The van der Waals surface area contributed by atoms with E-state index >= 15 is 0 Å². The van der Waals surface area contributed by atoms with E-state index in [2.05, 4.69) is 23.3 Å². The van der Waals surface area contributed by atoms with Crippen LogP contribution >= 0.6 is 0 Å². The van der Waals surface area contributed by atoms with E-state index in [1.807, 2.05) is 18.0 Å². The summed E-state index contributed by atoms with van der Waals surface area (Å²) in [6, 6.07) is 8.40. The van der Waals surface area contributed by atoms with Crippen LogP contribution in [0, 0.1) is 0 Å². The van der Waals surface area contributed by atoms with Crippen LogP contribution < -0.4 is 4.90 Å². The molecule has 108 valence electrons. The van der Waals surface area contributed by atoms with E-state index in [1.54, 1.807) is 17.1 Å². The van der Waals surface area contributed by atoms with Gasteiger partial charge in [0.05, 0.1) is 11.8 Å². The van der Waals surface area contributed by atoms with Gasteiger partial charge in [0.1, 0.15) is 0 Å². The standard InChI is InChI=1S/C17H19N3O/c1-19-11-13(10-18-19)16(21)20-12-17(8-4-5-9-17)14-6-2-3-7-15(14)20/h2-3,6-7,10-11H,4-5,8-9,12H2,1H3. The number of aryl methyl sites for hydroxylation is 1. The third-order valence-electron chi connectivity index (χ3n) is 4.98. The molecule has 1 aliphatic carbocycles. The average molecular weight is 281 g/mol. The minimum atomic E-state index is 0.0688. The molecule has 1 amide bonds. The molecule has 21 heavy (non-hydrogen) atoms. The van der Waals surface area contributed by atoms with E-state index in [1.165, 1.54) is 31.2 Å². The fraction of sp³-hybridized carbons (Fsp3) is 0.412. The summed E-state index contributed by atoms with van der Waals surface area (Å²) < 4.78 is 1.68. The molecule has 0 unspecified atom stereocenters. The molecule has 1 spiro atoms. The molecule has 4 nitrogen and oxygen atoms in total. The van der Waals surface area contributed by atoms with Gasteiger partial charge in [0.25, 0.3) is 5.91 Å². The number of amides is 1. The normalized spacial score (nSPS) is 19.2. The van der Waals surface area contributed by atoms with Crippen molar-refractivity contribution < 1.29 is 4.79 Å². The van der Waals surface area contributed by atoms with E-state index in [0.717, 1.165) is 12.2 Å². The lowest BCUT2D eigenvalue weighted by Gasteiger charge is -2.24. The van der Waals surface area contributed by atoms with Gasteiger partial charge < -0.3 is 4.90 Å². The zero-order chi connectivity index (χ0) is 14.4. The number of fused-ring (bicyclic) bond motifs is 2. The van der Waals surface area contributed by atoms with Crippen LogP contribution in [0.5, 0.6) is 0 Å². The molecular formula is C17H19N3O. The van der Waals surface area contributed by atoms with Crippen molar-refractivity contribution >= 4 is 11.6 Å². The van der Waals surface area contributed by atoms with Crippen molar-refractivity contribution in [3.8, 4) is 0 Å². The maximum Gasteiger partial charge on any atom is 0.261 e. The Morgan fingerprint density at radius 2 is 2.00 bits per heavy atom. The first kappa shape index (κ1) is 12.6. The molecule has 1 saturated carbocycles. The first-order valence-electron chi connectivity index (χ1n) is 7.60. The van der Waals surface area contributed by atoms with Crippen LogP contribution in [-0.2, 0) is 12.5 Å². The number of anilines is 1. The summed E-state index contributed by atoms with van der Waals surface area (Å²) >= 11 is 0. The van der Waals surface area contributed by atoms with Crippen molar-refractivity contribution in [3.63, 3.8) is 0 Å². The van der Waals surface area contributed by atoms with Gasteiger partial charge in [-0.05, 0) is 24.5 Å². The molecule has 0 atom stereocenters. The van der Waals surface area contributed by atoms with Gasteiger partial charge in [-0.15, -0.1) is 0 Å². The zero-order valence-corrected chi connectivity index (χ0v) is 12.2. The lowest BCUT2D eigenvalue weighted by molar-refractivity contribution is 0.0985. The highest BCUT2D eigenvalue weighted by Gasteiger charge is 2.46. The highest BCUT2D eigenvalue weighted by Crippen LogP contribution is 2.50. The quantitative estimate of drug-likeness (QED) is 0.806. The number of rotatable bonds is 1. The van der Waals surface area contributed by atoms with E-state index in [9.17, 15) is 4.79 Å². The van der Waals surface area contributed by atoms with Crippen LogP contribution in [0.3, 0.4) is 0 Å². The zero-order valence-electron chi connectivity index (χ0n) is 12.2. The Balaban J connectivity index is 1.76. The predicted octanol–water partition coefficient (Wildman–Crippen LogP) is 2.89. The van der Waals surface area contributed by atoms with Gasteiger partial charge in [0.15, 0.2) is 0 Å². The Bertz CT molecular complexity index is 698. The van der Waals surface area contributed by atoms with Crippen molar-refractivity contribution in [3.05, 3.63) is 47.8 Å². The molecule has 0 radical (unpaired) electrons. The van der Waals surface area contributed by atoms with Gasteiger partial charge in [-0.3, -0.25) is 9.48 Å². The second kappa shape index (κ2) is 4.45. The highest BCUT2D eigenvalue weighted by molar-refractivity contribution is 6.07. The predicted molar refractivity (Wildman–Crippen MR) is 81.5 cm³/mol. The van der Waals surface area contributed by atoms with E-state index in [4.69, 9.17) is 0 Å². The van der Waals surface area contributed by atoms with E-state index < -0.39 is 0 Å². The number of carbonyl (C=O) groups is 1. The summed E-state index contributed by atoms with van der Waals surface area (Å²) in [5.74, 6) is 0.0688. The minimum absolute atomic E-state index is 0.0688. The van der Waals surface area contributed by atoms with Gasteiger partial charge in [-0.2, -0.15) is 5.10 Å². The maximum atomic E-state index is 12.8. The second-order valence-corrected chi connectivity index (χ2v) is 6.30. The van der Waals surface area contributed by atoms with Gasteiger partial charge in [0, 0.05) is 30.9 Å². The molecule has 2 heterocycles. The Hall–Kier alpha value is -2.10. The SMILES string of the molecule is Cn1cc(C(=O)N2CC3(CCCC3)c3ccccc32)cn1. The van der Waals surface area contributed by atoms with Crippen molar-refractivity contribution in [2.45, 2.75) is 31.1 Å². The van der Waals surface area contributed by atoms with Crippen molar-refractivity contribution in [2.75, 3.05) is 11.4 Å². The Kier molecular flexibility index (Phi) is 2.67. The Morgan fingerprint density at radius 3 is 2.71 bits per heavy atom. The van der Waals surface area contributed by atoms with Crippen LogP contribution in [0.1, 0.15) is 41.6 Å². The highest BCUT2D eigenvalue weighted by atomic mass is 16.2.